The average Bonchev–Trinajstić information content (AvgIpc) is 2.47. The fourth-order valence-corrected chi connectivity index (χ4v) is 3.71. The van der Waals surface area contributed by atoms with E-state index >= 15 is 0 Å². The standard InChI is InChI=1S/C17H21NO/c1-12(14-6-4-3-5-7-14)18-16-10-8-15(9-11-16)17(18)13(2)19/h3-8,10,12,15-17H,9,11H2,1-2H3/t12-,15+,16-,17-/m1/s1. The summed E-state index contributed by atoms with van der Waals surface area (Å²) >= 11 is 0. The van der Waals surface area contributed by atoms with Gasteiger partial charge in [0.2, 0.25) is 0 Å². The predicted molar refractivity (Wildman–Crippen MR) is 76.8 cm³/mol. The molecule has 1 aromatic carbocycles. The lowest BCUT2D eigenvalue weighted by Gasteiger charge is -2.50. The summed E-state index contributed by atoms with van der Waals surface area (Å²) in [6, 6.07) is 11.3. The molecule has 0 saturated carbocycles. The highest BCUT2D eigenvalue weighted by Gasteiger charge is 2.43. The number of carbonyl (C=O) groups excluding carboxylic acids is 1. The molecule has 1 aliphatic carbocycles. The first-order valence-corrected chi connectivity index (χ1v) is 7.19. The van der Waals surface area contributed by atoms with Gasteiger partial charge >= 0.3 is 0 Å². The summed E-state index contributed by atoms with van der Waals surface area (Å²) < 4.78 is 0. The van der Waals surface area contributed by atoms with Gasteiger partial charge in [-0.1, -0.05) is 42.5 Å². The van der Waals surface area contributed by atoms with Crippen molar-refractivity contribution in [2.45, 2.75) is 44.8 Å². The third kappa shape index (κ3) is 2.14. The molecule has 2 aliphatic heterocycles. The van der Waals surface area contributed by atoms with Crippen LogP contribution in [0.1, 0.15) is 38.3 Å². The molecule has 1 saturated heterocycles. The second-order valence-electron chi connectivity index (χ2n) is 5.78. The summed E-state index contributed by atoms with van der Waals surface area (Å²) in [5.41, 5.74) is 1.30. The molecule has 100 valence electrons. The number of fused-ring (bicyclic) bond motifs is 2. The first kappa shape index (κ1) is 12.6. The zero-order valence-electron chi connectivity index (χ0n) is 11.6. The van der Waals surface area contributed by atoms with Crippen molar-refractivity contribution in [2.24, 2.45) is 5.92 Å². The van der Waals surface area contributed by atoms with Crippen LogP contribution in [-0.4, -0.2) is 22.8 Å². The van der Waals surface area contributed by atoms with Crippen LogP contribution >= 0.6 is 0 Å². The summed E-state index contributed by atoms with van der Waals surface area (Å²) in [6.45, 7) is 3.96. The molecule has 2 heterocycles. The van der Waals surface area contributed by atoms with Crippen LogP contribution in [0, 0.1) is 5.92 Å². The van der Waals surface area contributed by atoms with Crippen LogP contribution in [0.25, 0.3) is 0 Å². The van der Waals surface area contributed by atoms with E-state index in [2.05, 4.69) is 48.2 Å². The van der Waals surface area contributed by atoms with Gasteiger partial charge in [0.1, 0.15) is 5.78 Å². The molecule has 4 atom stereocenters. The van der Waals surface area contributed by atoms with Crippen LogP contribution in [0.4, 0.5) is 0 Å². The molecule has 0 spiro atoms. The molecule has 19 heavy (non-hydrogen) atoms. The fourth-order valence-electron chi connectivity index (χ4n) is 3.71. The minimum atomic E-state index is 0.0685. The SMILES string of the molecule is CC(=O)[C@@H]1[C@H]2C=C[C@H](CC2)N1[C@H](C)c1ccccc1. The van der Waals surface area contributed by atoms with Crippen LogP contribution < -0.4 is 0 Å². The van der Waals surface area contributed by atoms with Crippen molar-refractivity contribution in [3.63, 3.8) is 0 Å². The summed E-state index contributed by atoms with van der Waals surface area (Å²) in [6.07, 6.45) is 6.90. The lowest BCUT2D eigenvalue weighted by atomic mass is 9.77. The third-order valence-electron chi connectivity index (χ3n) is 4.63. The second-order valence-corrected chi connectivity index (χ2v) is 5.78. The van der Waals surface area contributed by atoms with Gasteiger partial charge in [-0.2, -0.15) is 0 Å². The predicted octanol–water partition coefficient (Wildman–Crippen LogP) is 3.36. The molecular formula is C17H21NO. The Hall–Kier alpha value is -1.41. The smallest absolute Gasteiger partial charge is 0.147 e. The van der Waals surface area contributed by atoms with Gasteiger partial charge in [0.05, 0.1) is 6.04 Å². The number of nitrogens with zero attached hydrogens (tertiary/aromatic N) is 1. The van der Waals surface area contributed by atoms with Crippen molar-refractivity contribution in [1.82, 2.24) is 4.90 Å². The maximum atomic E-state index is 12.1. The zero-order chi connectivity index (χ0) is 13.4. The Morgan fingerprint density at radius 3 is 2.53 bits per heavy atom. The van der Waals surface area contributed by atoms with Crippen LogP contribution in [0.15, 0.2) is 42.5 Å². The van der Waals surface area contributed by atoms with E-state index in [9.17, 15) is 4.79 Å². The number of piperidine rings is 1. The first-order chi connectivity index (χ1) is 9.18. The fraction of sp³-hybridized carbons (Fsp3) is 0.471. The maximum absolute atomic E-state index is 12.1. The van der Waals surface area contributed by atoms with Crippen LogP contribution in [-0.2, 0) is 4.79 Å². The molecule has 2 bridgehead atoms. The highest BCUT2D eigenvalue weighted by molar-refractivity contribution is 5.82. The molecule has 1 fully saturated rings. The summed E-state index contributed by atoms with van der Waals surface area (Å²) in [5.74, 6) is 0.718. The number of Topliss-reactive ketones (excluding diaryl/α,β-unsaturated/α-hetero) is 1. The Morgan fingerprint density at radius 1 is 1.21 bits per heavy atom. The average molecular weight is 255 g/mol. The van der Waals surface area contributed by atoms with E-state index in [0.29, 0.717) is 23.8 Å². The van der Waals surface area contributed by atoms with Gasteiger partial charge in [0.15, 0.2) is 0 Å². The van der Waals surface area contributed by atoms with Crippen LogP contribution in [0.3, 0.4) is 0 Å². The quantitative estimate of drug-likeness (QED) is 0.772. The molecule has 3 aliphatic rings. The molecule has 0 radical (unpaired) electrons. The minimum absolute atomic E-state index is 0.0685. The van der Waals surface area contributed by atoms with E-state index in [0.717, 1.165) is 6.42 Å². The number of ketones is 1. The minimum Gasteiger partial charge on any atom is -0.298 e. The van der Waals surface area contributed by atoms with E-state index in [-0.39, 0.29) is 6.04 Å². The van der Waals surface area contributed by atoms with E-state index < -0.39 is 0 Å². The van der Waals surface area contributed by atoms with E-state index in [4.69, 9.17) is 0 Å². The molecule has 0 unspecified atom stereocenters. The van der Waals surface area contributed by atoms with E-state index in [1.165, 1.54) is 12.0 Å². The van der Waals surface area contributed by atoms with Crippen molar-refractivity contribution in [1.29, 1.82) is 0 Å². The van der Waals surface area contributed by atoms with Gasteiger partial charge < -0.3 is 0 Å². The Morgan fingerprint density at radius 2 is 1.95 bits per heavy atom. The van der Waals surface area contributed by atoms with Gasteiger partial charge in [-0.25, -0.2) is 0 Å². The van der Waals surface area contributed by atoms with Gasteiger partial charge in [-0.15, -0.1) is 0 Å². The Kier molecular flexibility index (Phi) is 3.28. The number of rotatable bonds is 3. The zero-order valence-corrected chi connectivity index (χ0v) is 11.6. The molecule has 0 aromatic heterocycles. The lowest BCUT2D eigenvalue weighted by Crippen LogP contribution is -2.56. The normalized spacial score (nSPS) is 31.4. The largest absolute Gasteiger partial charge is 0.298 e. The van der Waals surface area contributed by atoms with Gasteiger partial charge in [-0.3, -0.25) is 9.69 Å². The van der Waals surface area contributed by atoms with Crippen molar-refractivity contribution < 1.29 is 4.79 Å². The van der Waals surface area contributed by atoms with Crippen molar-refractivity contribution in [2.75, 3.05) is 0 Å². The molecular weight excluding hydrogens is 234 g/mol. The molecule has 4 rings (SSSR count). The molecule has 1 aromatic rings. The number of carbonyl (C=O) groups is 1. The Balaban J connectivity index is 1.94. The van der Waals surface area contributed by atoms with Crippen LogP contribution in [0.5, 0.6) is 0 Å². The van der Waals surface area contributed by atoms with Crippen molar-refractivity contribution >= 4 is 5.78 Å². The second kappa shape index (κ2) is 4.93. The molecule has 0 N–H and O–H groups in total. The monoisotopic (exact) mass is 255 g/mol. The van der Waals surface area contributed by atoms with E-state index in [1.807, 2.05) is 6.07 Å². The van der Waals surface area contributed by atoms with Crippen LogP contribution in [0.2, 0.25) is 0 Å². The van der Waals surface area contributed by atoms with Gasteiger partial charge in [-0.05, 0) is 38.2 Å². The third-order valence-corrected chi connectivity index (χ3v) is 4.63. The lowest BCUT2D eigenvalue weighted by molar-refractivity contribution is -0.128. The summed E-state index contributed by atoms with van der Waals surface area (Å²) in [5, 5.41) is 0. The number of hydrogen-bond acceptors (Lipinski definition) is 2. The number of benzene rings is 1. The molecule has 0 amide bonds. The number of hydrogen-bond donors (Lipinski definition) is 0. The first-order valence-electron chi connectivity index (χ1n) is 7.19. The summed E-state index contributed by atoms with van der Waals surface area (Å²) in [4.78, 5) is 14.5. The van der Waals surface area contributed by atoms with Gasteiger partial charge in [0.25, 0.3) is 0 Å². The van der Waals surface area contributed by atoms with Gasteiger partial charge in [0, 0.05) is 12.1 Å². The van der Waals surface area contributed by atoms with E-state index in [1.54, 1.807) is 6.92 Å². The summed E-state index contributed by atoms with van der Waals surface area (Å²) in [7, 11) is 0. The molecule has 2 nitrogen and oxygen atoms in total. The maximum Gasteiger partial charge on any atom is 0.147 e. The van der Waals surface area contributed by atoms with Crippen molar-refractivity contribution in [3.8, 4) is 0 Å². The Bertz CT molecular complexity index is 493. The highest BCUT2D eigenvalue weighted by Crippen LogP contribution is 2.40. The topological polar surface area (TPSA) is 20.3 Å². The molecule has 2 heteroatoms. The van der Waals surface area contributed by atoms with Crippen molar-refractivity contribution in [3.05, 3.63) is 48.0 Å². The highest BCUT2D eigenvalue weighted by atomic mass is 16.1. The Labute approximate surface area is 115 Å².